The maximum Gasteiger partial charge on any atom is 0.228 e. The highest BCUT2D eigenvalue weighted by atomic mass is 16.3. The van der Waals surface area contributed by atoms with Crippen molar-refractivity contribution in [2.24, 2.45) is 11.3 Å². The fourth-order valence-corrected chi connectivity index (χ4v) is 4.14. The number of benzene rings is 1. The minimum atomic E-state index is -0.238. The molecule has 1 amide bonds. The van der Waals surface area contributed by atoms with Gasteiger partial charge in [-0.2, -0.15) is 0 Å². The molecule has 4 heteroatoms. The number of hydrogen-bond donors (Lipinski definition) is 2. The van der Waals surface area contributed by atoms with Crippen molar-refractivity contribution >= 4 is 5.91 Å². The maximum atomic E-state index is 12.8. The summed E-state index contributed by atoms with van der Waals surface area (Å²) >= 11 is 0. The van der Waals surface area contributed by atoms with Gasteiger partial charge in [-0.3, -0.25) is 9.69 Å². The molecule has 22 heavy (non-hydrogen) atoms. The Morgan fingerprint density at radius 1 is 1.45 bits per heavy atom. The van der Waals surface area contributed by atoms with E-state index in [-0.39, 0.29) is 24.0 Å². The number of fused-ring (bicyclic) bond motifs is 1. The fourth-order valence-electron chi connectivity index (χ4n) is 4.14. The van der Waals surface area contributed by atoms with E-state index in [0.29, 0.717) is 5.92 Å². The number of carbonyl (C=O) groups excluding carboxylic acids is 1. The lowest BCUT2D eigenvalue weighted by atomic mass is 9.79. The zero-order chi connectivity index (χ0) is 15.6. The molecule has 120 valence electrons. The van der Waals surface area contributed by atoms with Crippen molar-refractivity contribution < 1.29 is 9.90 Å². The Morgan fingerprint density at radius 2 is 2.23 bits per heavy atom. The van der Waals surface area contributed by atoms with Crippen molar-refractivity contribution in [1.29, 1.82) is 0 Å². The minimum Gasteiger partial charge on any atom is -0.394 e. The van der Waals surface area contributed by atoms with Crippen molar-refractivity contribution in [3.05, 3.63) is 35.9 Å². The molecule has 1 aliphatic heterocycles. The number of aliphatic hydroxyl groups is 1. The molecule has 0 radical (unpaired) electrons. The Morgan fingerprint density at radius 3 is 2.95 bits per heavy atom. The molecule has 2 aliphatic rings. The van der Waals surface area contributed by atoms with E-state index in [2.05, 4.69) is 34.5 Å². The molecule has 1 saturated heterocycles. The molecule has 3 rings (SSSR count). The number of carbonyl (C=O) groups is 1. The van der Waals surface area contributed by atoms with Gasteiger partial charge in [0, 0.05) is 25.7 Å². The van der Waals surface area contributed by atoms with Crippen LogP contribution in [0.4, 0.5) is 0 Å². The van der Waals surface area contributed by atoms with Gasteiger partial charge in [0.25, 0.3) is 0 Å². The molecule has 2 N–H and O–H groups in total. The second kappa shape index (κ2) is 6.39. The van der Waals surface area contributed by atoms with Crippen LogP contribution >= 0.6 is 0 Å². The first kappa shape index (κ1) is 15.5. The number of amides is 1. The molecule has 1 aromatic rings. The highest BCUT2D eigenvalue weighted by Gasteiger charge is 2.54. The van der Waals surface area contributed by atoms with Gasteiger partial charge in [0.2, 0.25) is 5.91 Å². The van der Waals surface area contributed by atoms with Crippen molar-refractivity contribution in [1.82, 2.24) is 10.2 Å². The van der Waals surface area contributed by atoms with Crippen molar-refractivity contribution in [3.8, 4) is 0 Å². The summed E-state index contributed by atoms with van der Waals surface area (Å²) in [7, 11) is 0. The lowest BCUT2D eigenvalue weighted by molar-refractivity contribution is -0.132. The van der Waals surface area contributed by atoms with Gasteiger partial charge in [-0.25, -0.2) is 0 Å². The van der Waals surface area contributed by atoms with Gasteiger partial charge in [-0.1, -0.05) is 36.8 Å². The smallest absolute Gasteiger partial charge is 0.228 e. The molecule has 0 unspecified atom stereocenters. The monoisotopic (exact) mass is 302 g/mol. The zero-order valence-corrected chi connectivity index (χ0v) is 13.3. The van der Waals surface area contributed by atoms with Crippen molar-refractivity contribution in [3.63, 3.8) is 0 Å². The first-order chi connectivity index (χ1) is 10.6. The molecule has 1 heterocycles. The Labute approximate surface area is 132 Å². The number of aliphatic hydroxyl groups excluding tert-OH is 1. The second-order valence-corrected chi connectivity index (χ2v) is 6.96. The third kappa shape index (κ3) is 2.90. The van der Waals surface area contributed by atoms with Crippen molar-refractivity contribution in [2.75, 3.05) is 19.7 Å². The Kier molecular flexibility index (Phi) is 4.50. The van der Waals surface area contributed by atoms with Crippen LogP contribution in [0.25, 0.3) is 0 Å². The van der Waals surface area contributed by atoms with Gasteiger partial charge < -0.3 is 10.4 Å². The summed E-state index contributed by atoms with van der Waals surface area (Å²) in [6.45, 7) is 4.63. The van der Waals surface area contributed by atoms with E-state index in [1.54, 1.807) is 0 Å². The largest absolute Gasteiger partial charge is 0.394 e. The van der Waals surface area contributed by atoms with Crippen LogP contribution in [-0.4, -0.2) is 41.7 Å². The van der Waals surface area contributed by atoms with Gasteiger partial charge >= 0.3 is 0 Å². The number of nitrogens with one attached hydrogen (secondary N) is 1. The number of likely N-dealkylation sites (tertiary alicyclic amines) is 1. The van der Waals surface area contributed by atoms with E-state index in [1.165, 1.54) is 5.56 Å². The van der Waals surface area contributed by atoms with Crippen LogP contribution in [0.15, 0.2) is 30.3 Å². The van der Waals surface area contributed by atoms with Crippen LogP contribution in [0, 0.1) is 11.3 Å². The molecule has 4 nitrogen and oxygen atoms in total. The van der Waals surface area contributed by atoms with E-state index in [0.717, 1.165) is 38.9 Å². The van der Waals surface area contributed by atoms with E-state index >= 15 is 0 Å². The Hall–Kier alpha value is -1.39. The number of nitrogens with zero attached hydrogens (tertiary/aromatic N) is 1. The summed E-state index contributed by atoms with van der Waals surface area (Å²) in [4.78, 5) is 15.2. The predicted octanol–water partition coefficient (Wildman–Crippen LogP) is 1.79. The van der Waals surface area contributed by atoms with E-state index in [1.807, 2.05) is 13.0 Å². The minimum absolute atomic E-state index is 0.000215. The molecule has 0 spiro atoms. The SMILES string of the molecule is C[C@@H](CO)NC(=O)[C@@]12CCC[C@@H]1CN(Cc1ccccc1)C2. The summed E-state index contributed by atoms with van der Waals surface area (Å²) in [5.41, 5.74) is 1.07. The normalized spacial score (nSPS) is 29.3. The zero-order valence-electron chi connectivity index (χ0n) is 13.3. The number of rotatable bonds is 5. The standard InChI is InChI=1S/C18H26N2O2/c1-14(12-21)19-17(22)18-9-5-8-16(18)11-20(13-18)10-15-6-3-2-4-7-15/h2-4,6-7,14,16,21H,5,8-13H2,1H3,(H,19,22)/t14-,16+,18+/m0/s1. The van der Waals surface area contributed by atoms with Crippen LogP contribution in [0.2, 0.25) is 0 Å². The summed E-state index contributed by atoms with van der Waals surface area (Å²) in [6, 6.07) is 10.3. The molecular formula is C18H26N2O2. The third-order valence-corrected chi connectivity index (χ3v) is 5.29. The molecule has 1 saturated carbocycles. The van der Waals surface area contributed by atoms with Crippen LogP contribution in [-0.2, 0) is 11.3 Å². The van der Waals surface area contributed by atoms with Gasteiger partial charge in [-0.15, -0.1) is 0 Å². The molecule has 0 bridgehead atoms. The van der Waals surface area contributed by atoms with Gasteiger partial charge in [-0.05, 0) is 31.2 Å². The first-order valence-corrected chi connectivity index (χ1v) is 8.32. The summed E-state index contributed by atoms with van der Waals surface area (Å²) < 4.78 is 0. The molecule has 1 aromatic carbocycles. The molecule has 3 atom stereocenters. The summed E-state index contributed by atoms with van der Waals surface area (Å²) in [5, 5.41) is 12.2. The van der Waals surface area contributed by atoms with Crippen LogP contribution < -0.4 is 5.32 Å². The predicted molar refractivity (Wildman–Crippen MR) is 86.2 cm³/mol. The van der Waals surface area contributed by atoms with Crippen LogP contribution in [0.1, 0.15) is 31.7 Å². The fraction of sp³-hybridized carbons (Fsp3) is 0.611. The average Bonchev–Trinajstić information content (AvgIpc) is 3.05. The van der Waals surface area contributed by atoms with Crippen LogP contribution in [0.5, 0.6) is 0 Å². The molecule has 0 aromatic heterocycles. The average molecular weight is 302 g/mol. The quantitative estimate of drug-likeness (QED) is 0.872. The first-order valence-electron chi connectivity index (χ1n) is 8.32. The highest BCUT2D eigenvalue weighted by Crippen LogP contribution is 2.49. The van der Waals surface area contributed by atoms with E-state index in [9.17, 15) is 9.90 Å². The second-order valence-electron chi connectivity index (χ2n) is 6.96. The Bertz CT molecular complexity index is 519. The van der Waals surface area contributed by atoms with Crippen molar-refractivity contribution in [2.45, 2.75) is 38.8 Å². The number of hydrogen-bond acceptors (Lipinski definition) is 3. The molecular weight excluding hydrogens is 276 g/mol. The Balaban J connectivity index is 1.69. The van der Waals surface area contributed by atoms with Crippen LogP contribution in [0.3, 0.4) is 0 Å². The lowest BCUT2D eigenvalue weighted by Crippen LogP contribution is -2.48. The van der Waals surface area contributed by atoms with Gasteiger partial charge in [0.15, 0.2) is 0 Å². The van der Waals surface area contributed by atoms with E-state index in [4.69, 9.17) is 0 Å². The third-order valence-electron chi connectivity index (χ3n) is 5.29. The summed E-state index contributed by atoms with van der Waals surface area (Å²) in [5.74, 6) is 0.606. The van der Waals surface area contributed by atoms with Gasteiger partial charge in [0.1, 0.15) is 0 Å². The topological polar surface area (TPSA) is 52.6 Å². The van der Waals surface area contributed by atoms with Gasteiger partial charge in [0.05, 0.1) is 12.0 Å². The maximum absolute atomic E-state index is 12.8. The van der Waals surface area contributed by atoms with E-state index < -0.39 is 0 Å². The molecule has 2 fully saturated rings. The molecule has 1 aliphatic carbocycles. The lowest BCUT2D eigenvalue weighted by Gasteiger charge is -2.29. The highest BCUT2D eigenvalue weighted by molar-refractivity contribution is 5.84. The summed E-state index contributed by atoms with van der Waals surface area (Å²) in [6.07, 6.45) is 3.27.